The van der Waals surface area contributed by atoms with Crippen LogP contribution < -0.4 is 15.4 Å². The molecule has 2 aromatic carbocycles. The number of amides is 1. The van der Waals surface area contributed by atoms with Crippen LogP contribution in [-0.2, 0) is 4.74 Å². The average Bonchev–Trinajstić information content (AvgIpc) is 3.03. The number of amidine groups is 1. The standard InChI is InChI=1S/C21H25N3O3/c1-14(2)11-18(26-17-9-4-3-5-10-17)19-13-24(21(25)27-19)16-8-6-7-15(12-16)20(22)23/h3-10,12,14,18-19H,11,13H2,1-2H3,(H3,22,23). The second kappa shape index (κ2) is 8.12. The Morgan fingerprint density at radius 2 is 2.00 bits per heavy atom. The Bertz CT molecular complexity index is 807. The van der Waals surface area contributed by atoms with E-state index in [0.717, 1.165) is 12.2 Å². The topological polar surface area (TPSA) is 88.6 Å². The van der Waals surface area contributed by atoms with E-state index in [1.165, 1.54) is 0 Å². The van der Waals surface area contributed by atoms with Gasteiger partial charge in [0.05, 0.1) is 6.54 Å². The Morgan fingerprint density at radius 3 is 2.67 bits per heavy atom. The molecule has 3 N–H and O–H groups in total. The van der Waals surface area contributed by atoms with E-state index in [1.54, 1.807) is 23.1 Å². The number of nitrogens with one attached hydrogen (secondary N) is 1. The molecule has 2 unspecified atom stereocenters. The first kappa shape index (κ1) is 18.8. The van der Waals surface area contributed by atoms with E-state index in [4.69, 9.17) is 20.6 Å². The third-order valence-electron chi connectivity index (χ3n) is 4.45. The first-order valence-corrected chi connectivity index (χ1v) is 9.08. The van der Waals surface area contributed by atoms with Gasteiger partial charge in [0.1, 0.15) is 17.7 Å². The van der Waals surface area contributed by atoms with Gasteiger partial charge in [-0.1, -0.05) is 44.2 Å². The van der Waals surface area contributed by atoms with Crippen LogP contribution in [-0.4, -0.2) is 30.7 Å². The van der Waals surface area contributed by atoms with E-state index < -0.39 is 6.09 Å². The number of ether oxygens (including phenoxy) is 2. The fourth-order valence-electron chi connectivity index (χ4n) is 3.14. The van der Waals surface area contributed by atoms with Gasteiger partial charge in [-0.15, -0.1) is 0 Å². The number of rotatable bonds is 7. The quantitative estimate of drug-likeness (QED) is 0.576. The van der Waals surface area contributed by atoms with Crippen LogP contribution in [0.25, 0.3) is 0 Å². The fourth-order valence-corrected chi connectivity index (χ4v) is 3.14. The van der Waals surface area contributed by atoms with Crippen molar-refractivity contribution in [1.29, 1.82) is 5.41 Å². The van der Waals surface area contributed by atoms with Crippen LogP contribution in [0.2, 0.25) is 0 Å². The maximum Gasteiger partial charge on any atom is 0.414 e. The van der Waals surface area contributed by atoms with Gasteiger partial charge in [0, 0.05) is 11.3 Å². The molecule has 0 spiro atoms. The highest BCUT2D eigenvalue weighted by atomic mass is 16.6. The summed E-state index contributed by atoms with van der Waals surface area (Å²) < 4.78 is 11.8. The molecule has 0 bridgehead atoms. The lowest BCUT2D eigenvalue weighted by Crippen LogP contribution is -2.36. The molecule has 1 heterocycles. The van der Waals surface area contributed by atoms with Gasteiger partial charge in [-0.3, -0.25) is 10.3 Å². The first-order chi connectivity index (χ1) is 12.9. The summed E-state index contributed by atoms with van der Waals surface area (Å²) in [6.45, 7) is 4.63. The van der Waals surface area contributed by atoms with Crippen LogP contribution in [0.4, 0.5) is 10.5 Å². The second-order valence-electron chi connectivity index (χ2n) is 7.10. The molecule has 1 fully saturated rings. The van der Waals surface area contributed by atoms with Crippen molar-refractivity contribution >= 4 is 17.6 Å². The monoisotopic (exact) mass is 367 g/mol. The molecule has 0 radical (unpaired) electrons. The lowest BCUT2D eigenvalue weighted by atomic mass is 10.0. The van der Waals surface area contributed by atoms with Gasteiger partial charge in [-0.25, -0.2) is 4.79 Å². The summed E-state index contributed by atoms with van der Waals surface area (Å²) in [6.07, 6.45) is -0.252. The smallest absolute Gasteiger partial charge is 0.414 e. The molecule has 2 aromatic rings. The number of hydrogen-bond acceptors (Lipinski definition) is 4. The van der Waals surface area contributed by atoms with Crippen molar-refractivity contribution in [3.63, 3.8) is 0 Å². The SMILES string of the molecule is CC(C)CC(Oc1ccccc1)C1CN(c2cccc(C(=N)N)c2)C(=O)O1. The number of nitrogen functional groups attached to an aromatic ring is 1. The average molecular weight is 367 g/mol. The van der Waals surface area contributed by atoms with Gasteiger partial charge in [0.25, 0.3) is 0 Å². The molecule has 1 saturated heterocycles. The Kier molecular flexibility index (Phi) is 5.64. The molecule has 1 aliphatic heterocycles. The van der Waals surface area contributed by atoms with Crippen LogP contribution in [0.5, 0.6) is 5.75 Å². The van der Waals surface area contributed by atoms with E-state index >= 15 is 0 Å². The number of carbonyl (C=O) groups excluding carboxylic acids is 1. The number of carbonyl (C=O) groups is 1. The van der Waals surface area contributed by atoms with Crippen LogP contribution in [0.1, 0.15) is 25.8 Å². The molecule has 142 valence electrons. The highest BCUT2D eigenvalue weighted by molar-refractivity contribution is 5.97. The van der Waals surface area contributed by atoms with Gasteiger partial charge < -0.3 is 15.2 Å². The zero-order chi connectivity index (χ0) is 19.4. The normalized spacial score (nSPS) is 17.7. The zero-order valence-corrected chi connectivity index (χ0v) is 15.6. The Labute approximate surface area is 159 Å². The third-order valence-corrected chi connectivity index (χ3v) is 4.45. The lowest BCUT2D eigenvalue weighted by Gasteiger charge is -2.25. The summed E-state index contributed by atoms with van der Waals surface area (Å²) in [5, 5.41) is 7.59. The highest BCUT2D eigenvalue weighted by Gasteiger charge is 2.39. The number of para-hydroxylation sites is 1. The molecule has 2 atom stereocenters. The van der Waals surface area contributed by atoms with E-state index in [1.807, 2.05) is 36.4 Å². The molecule has 0 aliphatic carbocycles. The first-order valence-electron chi connectivity index (χ1n) is 9.08. The number of cyclic esters (lactones) is 1. The number of nitrogens with two attached hydrogens (primary N) is 1. The summed E-state index contributed by atoms with van der Waals surface area (Å²) >= 11 is 0. The van der Waals surface area contributed by atoms with Crippen LogP contribution >= 0.6 is 0 Å². The van der Waals surface area contributed by atoms with Crippen LogP contribution in [0.3, 0.4) is 0 Å². The summed E-state index contributed by atoms with van der Waals surface area (Å²) in [7, 11) is 0. The Morgan fingerprint density at radius 1 is 1.26 bits per heavy atom. The predicted octanol–water partition coefficient (Wildman–Crippen LogP) is 3.79. The third kappa shape index (κ3) is 4.58. The van der Waals surface area contributed by atoms with Crippen molar-refractivity contribution in [2.45, 2.75) is 32.5 Å². The highest BCUT2D eigenvalue weighted by Crippen LogP contribution is 2.28. The van der Waals surface area contributed by atoms with Crippen LogP contribution in [0.15, 0.2) is 54.6 Å². The number of benzene rings is 2. The maximum atomic E-state index is 12.5. The molecule has 1 amide bonds. The summed E-state index contributed by atoms with van der Waals surface area (Å²) in [5.41, 5.74) is 6.80. The van der Waals surface area contributed by atoms with Crippen molar-refractivity contribution in [2.75, 3.05) is 11.4 Å². The van der Waals surface area contributed by atoms with Gasteiger partial charge in [0.2, 0.25) is 0 Å². The van der Waals surface area contributed by atoms with E-state index in [0.29, 0.717) is 23.7 Å². The maximum absolute atomic E-state index is 12.5. The fraction of sp³-hybridized carbons (Fsp3) is 0.333. The van der Waals surface area contributed by atoms with Crippen molar-refractivity contribution < 1.29 is 14.3 Å². The van der Waals surface area contributed by atoms with E-state index in [-0.39, 0.29) is 18.0 Å². The minimum Gasteiger partial charge on any atom is -0.486 e. The van der Waals surface area contributed by atoms with Gasteiger partial charge >= 0.3 is 6.09 Å². The van der Waals surface area contributed by atoms with Crippen molar-refractivity contribution in [2.24, 2.45) is 11.7 Å². The van der Waals surface area contributed by atoms with Crippen molar-refractivity contribution in [3.05, 3.63) is 60.2 Å². The zero-order valence-electron chi connectivity index (χ0n) is 15.6. The largest absolute Gasteiger partial charge is 0.486 e. The minimum absolute atomic E-state index is 0.0361. The van der Waals surface area contributed by atoms with Gasteiger partial charge in [-0.05, 0) is 36.6 Å². The lowest BCUT2D eigenvalue weighted by molar-refractivity contribution is 0.0366. The number of anilines is 1. The van der Waals surface area contributed by atoms with E-state index in [9.17, 15) is 4.79 Å². The molecule has 6 nitrogen and oxygen atoms in total. The molecular formula is C21H25N3O3. The number of nitrogens with zero attached hydrogens (tertiary/aromatic N) is 1. The summed E-state index contributed by atoms with van der Waals surface area (Å²) in [5.74, 6) is 1.12. The molecule has 1 aliphatic rings. The molecule has 27 heavy (non-hydrogen) atoms. The van der Waals surface area contributed by atoms with E-state index in [2.05, 4.69) is 13.8 Å². The van der Waals surface area contributed by atoms with Gasteiger partial charge in [0.15, 0.2) is 6.10 Å². The molecular weight excluding hydrogens is 342 g/mol. The Balaban J connectivity index is 1.78. The molecule has 3 rings (SSSR count). The molecule has 6 heteroatoms. The summed E-state index contributed by atoms with van der Waals surface area (Å²) in [6, 6.07) is 16.6. The van der Waals surface area contributed by atoms with Crippen LogP contribution in [0, 0.1) is 11.3 Å². The minimum atomic E-state index is -0.411. The predicted molar refractivity (Wildman–Crippen MR) is 105 cm³/mol. The second-order valence-corrected chi connectivity index (χ2v) is 7.10. The van der Waals surface area contributed by atoms with Crippen molar-refractivity contribution in [1.82, 2.24) is 0 Å². The Hall–Kier alpha value is -3.02. The molecule has 0 saturated carbocycles. The molecule has 0 aromatic heterocycles. The summed E-state index contributed by atoms with van der Waals surface area (Å²) in [4.78, 5) is 14.0. The number of hydrogen-bond donors (Lipinski definition) is 2. The van der Waals surface area contributed by atoms with Gasteiger partial charge in [-0.2, -0.15) is 0 Å². The van der Waals surface area contributed by atoms with Crippen molar-refractivity contribution in [3.8, 4) is 5.75 Å².